The van der Waals surface area contributed by atoms with Gasteiger partial charge in [-0.3, -0.25) is 25.8 Å². The van der Waals surface area contributed by atoms with E-state index in [1.54, 1.807) is 43.5 Å². The lowest BCUT2D eigenvalue weighted by Gasteiger charge is -2.11. The minimum Gasteiger partial charge on any atom is -0.497 e. The maximum Gasteiger partial charge on any atom is 0.257 e. The number of hydrazine groups is 1. The molecule has 2 aromatic carbocycles. The predicted molar refractivity (Wildman–Crippen MR) is 107 cm³/mol. The first-order valence-corrected chi connectivity index (χ1v) is 8.88. The average molecular weight is 436 g/mol. The molecule has 8 heteroatoms. The number of amides is 2. The van der Waals surface area contributed by atoms with Crippen molar-refractivity contribution in [3.8, 4) is 5.75 Å². The third-order valence-corrected chi connectivity index (χ3v) is 4.56. The standard InChI is InChI=1S/C18H18BrN3O3S/c1-11-3-6-13(10-15(11)19)17(24)20-18(26)22-21-16(23)9-12-4-7-14(25-2)8-5-12/h3-8,10H,9H2,1-2H3,(H,21,23)(H2,20,22,24,26). The molecule has 26 heavy (non-hydrogen) atoms. The Morgan fingerprint density at radius 2 is 1.81 bits per heavy atom. The number of hydrogen-bond donors (Lipinski definition) is 3. The Kier molecular flexibility index (Phi) is 7.11. The molecular weight excluding hydrogens is 418 g/mol. The monoisotopic (exact) mass is 435 g/mol. The maximum atomic E-state index is 12.1. The summed E-state index contributed by atoms with van der Waals surface area (Å²) in [5.74, 6) is 0.0661. The normalized spacial score (nSPS) is 9.96. The molecule has 0 atom stereocenters. The molecule has 2 amide bonds. The summed E-state index contributed by atoms with van der Waals surface area (Å²) < 4.78 is 5.90. The summed E-state index contributed by atoms with van der Waals surface area (Å²) in [4.78, 5) is 24.1. The van der Waals surface area contributed by atoms with Crippen LogP contribution in [0.15, 0.2) is 46.9 Å². The number of carbonyl (C=O) groups is 2. The van der Waals surface area contributed by atoms with Crippen LogP contribution in [-0.2, 0) is 11.2 Å². The van der Waals surface area contributed by atoms with Crippen molar-refractivity contribution in [3.05, 3.63) is 63.6 Å². The number of methoxy groups -OCH3 is 1. The topological polar surface area (TPSA) is 79.5 Å². The Labute approximate surface area is 165 Å². The van der Waals surface area contributed by atoms with Gasteiger partial charge in [-0.2, -0.15) is 0 Å². The lowest BCUT2D eigenvalue weighted by atomic mass is 10.1. The molecule has 0 heterocycles. The summed E-state index contributed by atoms with van der Waals surface area (Å²) in [7, 11) is 1.58. The molecule has 0 saturated heterocycles. The number of rotatable bonds is 4. The predicted octanol–water partition coefficient (Wildman–Crippen LogP) is 2.64. The summed E-state index contributed by atoms with van der Waals surface area (Å²) in [5, 5.41) is 2.52. The van der Waals surface area contributed by atoms with Crippen LogP contribution in [0.4, 0.5) is 0 Å². The molecule has 136 valence electrons. The highest BCUT2D eigenvalue weighted by Gasteiger charge is 2.10. The van der Waals surface area contributed by atoms with Crippen LogP contribution < -0.4 is 20.9 Å². The number of aryl methyl sites for hydroxylation is 1. The van der Waals surface area contributed by atoms with Crippen LogP contribution in [-0.4, -0.2) is 24.0 Å². The van der Waals surface area contributed by atoms with Crippen LogP contribution in [0.25, 0.3) is 0 Å². The van der Waals surface area contributed by atoms with Crippen LogP contribution >= 0.6 is 28.1 Å². The summed E-state index contributed by atoms with van der Waals surface area (Å²) in [6.45, 7) is 1.93. The molecule has 0 bridgehead atoms. The lowest BCUT2D eigenvalue weighted by molar-refractivity contribution is -0.121. The molecule has 2 aromatic rings. The van der Waals surface area contributed by atoms with Gasteiger partial charge in [-0.15, -0.1) is 0 Å². The van der Waals surface area contributed by atoms with Gasteiger partial charge < -0.3 is 4.74 Å². The minimum absolute atomic E-state index is 0.00905. The SMILES string of the molecule is COc1ccc(CC(=O)NNC(=S)NC(=O)c2ccc(C)c(Br)c2)cc1. The average Bonchev–Trinajstić information content (AvgIpc) is 2.63. The zero-order chi connectivity index (χ0) is 19.1. The fraction of sp³-hybridized carbons (Fsp3) is 0.167. The van der Waals surface area contributed by atoms with Gasteiger partial charge in [-0.05, 0) is 54.5 Å². The Bertz CT molecular complexity index is 825. The zero-order valence-electron chi connectivity index (χ0n) is 14.3. The van der Waals surface area contributed by atoms with E-state index >= 15 is 0 Å². The van der Waals surface area contributed by atoms with E-state index in [1.807, 2.05) is 13.0 Å². The summed E-state index contributed by atoms with van der Waals surface area (Å²) in [6, 6.07) is 12.4. The molecule has 3 N–H and O–H groups in total. The summed E-state index contributed by atoms with van der Waals surface area (Å²) in [6.07, 6.45) is 0.165. The largest absolute Gasteiger partial charge is 0.497 e. The molecule has 0 aromatic heterocycles. The number of nitrogens with one attached hydrogen (secondary N) is 3. The third kappa shape index (κ3) is 5.82. The highest BCUT2D eigenvalue weighted by Crippen LogP contribution is 2.17. The van der Waals surface area contributed by atoms with Crippen molar-refractivity contribution in [2.45, 2.75) is 13.3 Å². The third-order valence-electron chi connectivity index (χ3n) is 3.50. The smallest absolute Gasteiger partial charge is 0.257 e. The Hall–Kier alpha value is -2.45. The molecule has 0 aliphatic rings. The molecule has 0 aliphatic carbocycles. The lowest BCUT2D eigenvalue weighted by Crippen LogP contribution is -2.48. The van der Waals surface area contributed by atoms with Gasteiger partial charge >= 0.3 is 0 Å². The van der Waals surface area contributed by atoms with Crippen LogP contribution in [0.5, 0.6) is 5.75 Å². The number of carbonyl (C=O) groups excluding carboxylic acids is 2. The quantitative estimate of drug-likeness (QED) is 0.508. The summed E-state index contributed by atoms with van der Waals surface area (Å²) in [5.41, 5.74) is 7.27. The number of thiocarbonyl (C=S) groups is 1. The van der Waals surface area contributed by atoms with Gasteiger partial charge in [0, 0.05) is 10.0 Å². The summed E-state index contributed by atoms with van der Waals surface area (Å²) >= 11 is 8.40. The highest BCUT2D eigenvalue weighted by molar-refractivity contribution is 9.10. The number of hydrogen-bond acceptors (Lipinski definition) is 4. The van der Waals surface area contributed by atoms with E-state index in [2.05, 4.69) is 32.1 Å². The molecule has 0 unspecified atom stereocenters. The Morgan fingerprint density at radius 1 is 1.12 bits per heavy atom. The zero-order valence-corrected chi connectivity index (χ0v) is 16.7. The number of halogens is 1. The minimum atomic E-state index is -0.368. The second kappa shape index (κ2) is 9.30. The van der Waals surface area contributed by atoms with Crippen molar-refractivity contribution < 1.29 is 14.3 Å². The second-order valence-corrected chi connectivity index (χ2v) is 6.71. The van der Waals surface area contributed by atoms with E-state index in [9.17, 15) is 9.59 Å². The van der Waals surface area contributed by atoms with Crippen molar-refractivity contribution >= 4 is 45.1 Å². The van der Waals surface area contributed by atoms with E-state index in [0.29, 0.717) is 5.56 Å². The van der Waals surface area contributed by atoms with Gasteiger partial charge in [0.15, 0.2) is 5.11 Å². The first kappa shape index (κ1) is 19.9. The van der Waals surface area contributed by atoms with Crippen molar-refractivity contribution in [2.24, 2.45) is 0 Å². The molecule has 0 radical (unpaired) electrons. The number of benzene rings is 2. The molecule has 6 nitrogen and oxygen atoms in total. The molecule has 0 saturated carbocycles. The first-order chi connectivity index (χ1) is 12.4. The molecular formula is C18H18BrN3O3S. The highest BCUT2D eigenvalue weighted by atomic mass is 79.9. The van der Waals surface area contributed by atoms with E-state index in [-0.39, 0.29) is 23.3 Å². The van der Waals surface area contributed by atoms with Crippen molar-refractivity contribution in [1.82, 2.24) is 16.2 Å². The van der Waals surface area contributed by atoms with Crippen LogP contribution in [0.2, 0.25) is 0 Å². The van der Waals surface area contributed by atoms with E-state index in [1.165, 1.54) is 0 Å². The molecule has 0 fully saturated rings. The van der Waals surface area contributed by atoms with Gasteiger partial charge in [0.1, 0.15) is 5.75 Å². The fourth-order valence-corrected chi connectivity index (χ4v) is 2.56. The van der Waals surface area contributed by atoms with Crippen molar-refractivity contribution in [1.29, 1.82) is 0 Å². The van der Waals surface area contributed by atoms with Gasteiger partial charge in [-0.25, -0.2) is 0 Å². The second-order valence-electron chi connectivity index (χ2n) is 5.45. The maximum absolute atomic E-state index is 12.1. The molecule has 2 rings (SSSR count). The van der Waals surface area contributed by atoms with Crippen LogP contribution in [0.1, 0.15) is 21.5 Å². The van der Waals surface area contributed by atoms with Gasteiger partial charge in [0.25, 0.3) is 5.91 Å². The molecule has 0 spiro atoms. The van der Waals surface area contributed by atoms with Gasteiger partial charge in [0.2, 0.25) is 5.91 Å². The van der Waals surface area contributed by atoms with Gasteiger partial charge in [0.05, 0.1) is 13.5 Å². The van der Waals surface area contributed by atoms with E-state index in [4.69, 9.17) is 17.0 Å². The fourth-order valence-electron chi connectivity index (χ4n) is 2.04. The van der Waals surface area contributed by atoms with Gasteiger partial charge in [-0.1, -0.05) is 34.1 Å². The van der Waals surface area contributed by atoms with Crippen LogP contribution in [0, 0.1) is 6.92 Å². The Balaban J connectivity index is 1.80. The first-order valence-electron chi connectivity index (χ1n) is 7.68. The Morgan fingerprint density at radius 3 is 2.42 bits per heavy atom. The van der Waals surface area contributed by atoms with E-state index in [0.717, 1.165) is 21.3 Å². The van der Waals surface area contributed by atoms with Crippen molar-refractivity contribution in [2.75, 3.05) is 7.11 Å². The van der Waals surface area contributed by atoms with Crippen molar-refractivity contribution in [3.63, 3.8) is 0 Å². The number of ether oxygens (including phenoxy) is 1. The van der Waals surface area contributed by atoms with Crippen LogP contribution in [0.3, 0.4) is 0 Å². The molecule has 0 aliphatic heterocycles. The van der Waals surface area contributed by atoms with E-state index < -0.39 is 0 Å².